The van der Waals surface area contributed by atoms with Crippen molar-refractivity contribution < 1.29 is 0 Å². The zero-order valence-electron chi connectivity index (χ0n) is 9.00. The summed E-state index contributed by atoms with van der Waals surface area (Å²) in [5, 5.41) is 0. The van der Waals surface area contributed by atoms with Gasteiger partial charge < -0.3 is 0 Å². The lowest BCUT2D eigenvalue weighted by molar-refractivity contribution is 0.246. The molecule has 0 aromatic rings. The highest BCUT2D eigenvalue weighted by atomic mass is 14.7. The van der Waals surface area contributed by atoms with Gasteiger partial charge in [0.2, 0.25) is 0 Å². The summed E-state index contributed by atoms with van der Waals surface area (Å²) in [6.45, 7) is 4.79. The summed E-state index contributed by atoms with van der Waals surface area (Å²) in [5.74, 6) is 7.11. The first-order valence-corrected chi connectivity index (χ1v) is 6.38. The lowest BCUT2D eigenvalue weighted by Gasteiger charge is -2.24. The number of hydrogen-bond acceptors (Lipinski definition) is 0. The van der Waals surface area contributed by atoms with Crippen molar-refractivity contribution >= 4 is 0 Å². The molecule has 0 amide bonds. The predicted octanol–water partition coefficient (Wildman–Crippen LogP) is 3.71. The van der Waals surface area contributed by atoms with E-state index in [0.717, 1.165) is 11.8 Å². The molecule has 6 atom stereocenters. The van der Waals surface area contributed by atoms with Crippen LogP contribution in [-0.2, 0) is 0 Å². The minimum atomic E-state index is 1.14. The summed E-state index contributed by atoms with van der Waals surface area (Å²) in [6.07, 6.45) is 7.60. The minimum absolute atomic E-state index is 1.14. The van der Waals surface area contributed by atoms with E-state index < -0.39 is 0 Å². The molecule has 13 heavy (non-hydrogen) atoms. The zero-order valence-corrected chi connectivity index (χ0v) is 9.00. The molecule has 0 heteroatoms. The molecule has 6 unspecified atom stereocenters. The van der Waals surface area contributed by atoms with E-state index >= 15 is 0 Å². The maximum Gasteiger partial charge on any atom is -0.0318 e. The average molecular weight is 178 g/mol. The van der Waals surface area contributed by atoms with Crippen LogP contribution in [-0.4, -0.2) is 0 Å². The van der Waals surface area contributed by atoms with E-state index in [1.807, 2.05) is 0 Å². The molecule has 0 aromatic carbocycles. The number of rotatable bonds is 3. The van der Waals surface area contributed by atoms with E-state index in [9.17, 15) is 0 Å². The molecular weight excluding hydrogens is 156 g/mol. The first-order valence-electron chi connectivity index (χ1n) is 6.38. The van der Waals surface area contributed by atoms with Crippen LogP contribution in [0.3, 0.4) is 0 Å². The molecule has 74 valence electrons. The molecule has 3 aliphatic carbocycles. The van der Waals surface area contributed by atoms with E-state index in [1.54, 1.807) is 12.8 Å². The Morgan fingerprint density at radius 1 is 0.923 bits per heavy atom. The van der Waals surface area contributed by atoms with Crippen molar-refractivity contribution in [2.45, 2.75) is 46.0 Å². The molecule has 0 saturated heterocycles. The molecule has 0 nitrogen and oxygen atoms in total. The molecule has 0 heterocycles. The quantitative estimate of drug-likeness (QED) is 0.618. The van der Waals surface area contributed by atoms with Crippen LogP contribution >= 0.6 is 0 Å². The SMILES string of the molecule is CCCC1C(CC)C2C3CCC1C32. The van der Waals surface area contributed by atoms with Gasteiger partial charge in [-0.1, -0.05) is 33.1 Å². The molecular formula is C13H22. The van der Waals surface area contributed by atoms with Crippen LogP contribution in [0, 0.1) is 35.5 Å². The van der Waals surface area contributed by atoms with Gasteiger partial charge in [0.25, 0.3) is 0 Å². The van der Waals surface area contributed by atoms with Crippen molar-refractivity contribution in [3.8, 4) is 0 Å². The van der Waals surface area contributed by atoms with Gasteiger partial charge >= 0.3 is 0 Å². The Balaban J connectivity index is 1.79. The number of fused-ring (bicyclic) bond motifs is 1. The average Bonchev–Trinajstić information content (AvgIpc) is 2.60. The van der Waals surface area contributed by atoms with Crippen molar-refractivity contribution in [1.82, 2.24) is 0 Å². The molecule has 0 bridgehead atoms. The van der Waals surface area contributed by atoms with E-state index in [0.29, 0.717) is 0 Å². The molecule has 0 radical (unpaired) electrons. The van der Waals surface area contributed by atoms with E-state index in [2.05, 4.69) is 13.8 Å². The van der Waals surface area contributed by atoms with E-state index in [4.69, 9.17) is 0 Å². The van der Waals surface area contributed by atoms with Crippen LogP contribution in [0.15, 0.2) is 0 Å². The highest BCUT2D eigenvalue weighted by Crippen LogP contribution is 2.73. The van der Waals surface area contributed by atoms with Crippen molar-refractivity contribution in [1.29, 1.82) is 0 Å². The van der Waals surface area contributed by atoms with Gasteiger partial charge in [-0.3, -0.25) is 0 Å². The van der Waals surface area contributed by atoms with Gasteiger partial charge in [0.05, 0.1) is 0 Å². The lowest BCUT2D eigenvalue weighted by atomic mass is 9.81. The highest BCUT2D eigenvalue weighted by molar-refractivity contribution is 5.15. The second kappa shape index (κ2) is 2.74. The Kier molecular flexibility index (Phi) is 1.76. The maximum atomic E-state index is 2.42. The molecule has 3 rings (SSSR count). The van der Waals surface area contributed by atoms with Gasteiger partial charge in [0, 0.05) is 0 Å². The third-order valence-corrected chi connectivity index (χ3v) is 5.31. The Morgan fingerprint density at radius 3 is 2.38 bits per heavy atom. The minimum Gasteiger partial charge on any atom is -0.0654 e. The predicted molar refractivity (Wildman–Crippen MR) is 55.4 cm³/mol. The molecule has 0 aromatic heterocycles. The van der Waals surface area contributed by atoms with Crippen LogP contribution in [0.1, 0.15) is 46.0 Å². The molecule has 3 fully saturated rings. The van der Waals surface area contributed by atoms with E-state index in [-0.39, 0.29) is 0 Å². The van der Waals surface area contributed by atoms with Gasteiger partial charge in [0.1, 0.15) is 0 Å². The van der Waals surface area contributed by atoms with Crippen LogP contribution in [0.25, 0.3) is 0 Å². The summed E-state index contributed by atoms with van der Waals surface area (Å²) in [7, 11) is 0. The topological polar surface area (TPSA) is 0 Å². The smallest absolute Gasteiger partial charge is 0.0318 e. The second-order valence-electron chi connectivity index (χ2n) is 5.58. The van der Waals surface area contributed by atoms with Crippen molar-refractivity contribution in [3.63, 3.8) is 0 Å². The van der Waals surface area contributed by atoms with Crippen molar-refractivity contribution in [2.75, 3.05) is 0 Å². The van der Waals surface area contributed by atoms with Crippen LogP contribution < -0.4 is 0 Å². The highest BCUT2D eigenvalue weighted by Gasteiger charge is 2.67. The Morgan fingerprint density at radius 2 is 1.69 bits per heavy atom. The Labute approximate surface area is 82.1 Å². The van der Waals surface area contributed by atoms with Gasteiger partial charge in [0.15, 0.2) is 0 Å². The molecule has 3 saturated carbocycles. The van der Waals surface area contributed by atoms with Gasteiger partial charge in [-0.25, -0.2) is 0 Å². The van der Waals surface area contributed by atoms with Gasteiger partial charge in [-0.05, 0) is 48.3 Å². The third-order valence-electron chi connectivity index (χ3n) is 5.31. The first kappa shape index (κ1) is 8.32. The summed E-state index contributed by atoms with van der Waals surface area (Å²) in [5.41, 5.74) is 0. The molecule has 0 spiro atoms. The van der Waals surface area contributed by atoms with Gasteiger partial charge in [-0.15, -0.1) is 0 Å². The lowest BCUT2D eigenvalue weighted by Crippen LogP contribution is -2.17. The zero-order chi connectivity index (χ0) is 9.00. The Hall–Kier alpha value is 0. The third kappa shape index (κ3) is 0.926. The normalized spacial score (nSPS) is 56.8. The van der Waals surface area contributed by atoms with Crippen LogP contribution in [0.4, 0.5) is 0 Å². The largest absolute Gasteiger partial charge is 0.0654 e. The fourth-order valence-electron chi connectivity index (χ4n) is 5.04. The second-order valence-corrected chi connectivity index (χ2v) is 5.58. The van der Waals surface area contributed by atoms with Crippen LogP contribution in [0.2, 0.25) is 0 Å². The van der Waals surface area contributed by atoms with Crippen molar-refractivity contribution in [2.24, 2.45) is 35.5 Å². The first-order chi connectivity index (χ1) is 6.38. The monoisotopic (exact) mass is 178 g/mol. The molecule has 0 aliphatic heterocycles. The maximum absolute atomic E-state index is 2.42. The summed E-state index contributed by atoms with van der Waals surface area (Å²) < 4.78 is 0. The van der Waals surface area contributed by atoms with Crippen molar-refractivity contribution in [3.05, 3.63) is 0 Å². The number of hydrogen-bond donors (Lipinski definition) is 0. The van der Waals surface area contributed by atoms with Gasteiger partial charge in [-0.2, -0.15) is 0 Å². The van der Waals surface area contributed by atoms with E-state index in [1.165, 1.54) is 42.9 Å². The molecule has 3 aliphatic rings. The summed E-state index contributed by atoms with van der Waals surface area (Å²) in [6, 6.07) is 0. The summed E-state index contributed by atoms with van der Waals surface area (Å²) >= 11 is 0. The van der Waals surface area contributed by atoms with Crippen LogP contribution in [0.5, 0.6) is 0 Å². The summed E-state index contributed by atoms with van der Waals surface area (Å²) in [4.78, 5) is 0. The fraction of sp³-hybridized carbons (Fsp3) is 1.00. The Bertz CT molecular complexity index is 208. The molecule has 0 N–H and O–H groups in total. The fourth-order valence-corrected chi connectivity index (χ4v) is 5.04. The standard InChI is InChI=1S/C13H22/c1-3-5-9-8(4-2)12-11-7-6-10(9)13(11)12/h8-13H,3-7H2,1-2H3.